The van der Waals surface area contributed by atoms with Crippen molar-refractivity contribution in [1.82, 2.24) is 4.98 Å². The average Bonchev–Trinajstić information content (AvgIpc) is 3.42. The van der Waals surface area contributed by atoms with Crippen molar-refractivity contribution >= 4 is 45.4 Å². The number of carbonyl (C=O) groups is 2. The number of hydrogen-bond donors (Lipinski definition) is 1. The minimum atomic E-state index is -0.575. The largest absolute Gasteiger partial charge is 0.497 e. The molecular formula is C25H22N2O6S. The summed E-state index contributed by atoms with van der Waals surface area (Å²) in [6.45, 7) is 1.64. The summed E-state index contributed by atoms with van der Waals surface area (Å²) in [5.74, 6) is 0.603. The van der Waals surface area contributed by atoms with E-state index in [0.29, 0.717) is 33.4 Å². The van der Waals surface area contributed by atoms with Gasteiger partial charge in [0.2, 0.25) is 5.88 Å². The number of nitrogens with zero attached hydrogens (tertiary/aromatic N) is 1. The Labute approximate surface area is 199 Å². The van der Waals surface area contributed by atoms with Crippen LogP contribution in [0.15, 0.2) is 53.0 Å². The number of anilines is 1. The van der Waals surface area contributed by atoms with E-state index in [0.717, 1.165) is 10.2 Å². The number of aryl methyl sites for hydroxylation is 1. The number of hydrogen-bond acceptors (Lipinski definition) is 8. The average molecular weight is 479 g/mol. The van der Waals surface area contributed by atoms with E-state index in [1.165, 1.54) is 31.6 Å². The molecule has 34 heavy (non-hydrogen) atoms. The highest BCUT2D eigenvalue weighted by Crippen LogP contribution is 2.40. The number of methoxy groups -OCH3 is 3. The van der Waals surface area contributed by atoms with Crippen LogP contribution in [0.25, 0.3) is 26.9 Å². The molecule has 4 aromatic rings. The molecule has 1 amide bonds. The van der Waals surface area contributed by atoms with Gasteiger partial charge >= 0.3 is 5.97 Å². The molecule has 1 N–H and O–H groups in total. The second kappa shape index (κ2) is 9.80. The maximum Gasteiger partial charge on any atom is 0.342 e. The van der Waals surface area contributed by atoms with Crippen molar-refractivity contribution in [1.29, 1.82) is 0 Å². The number of carbonyl (C=O) groups excluding carboxylic acids is 2. The van der Waals surface area contributed by atoms with E-state index in [1.54, 1.807) is 38.3 Å². The molecule has 0 spiro atoms. The second-order valence-corrected chi connectivity index (χ2v) is 8.18. The number of para-hydroxylation sites is 1. The van der Waals surface area contributed by atoms with Crippen LogP contribution in [0.1, 0.15) is 21.7 Å². The predicted molar refractivity (Wildman–Crippen MR) is 131 cm³/mol. The van der Waals surface area contributed by atoms with E-state index in [4.69, 9.17) is 18.6 Å². The van der Waals surface area contributed by atoms with Gasteiger partial charge in [-0.15, -0.1) is 11.3 Å². The molecule has 0 aliphatic rings. The van der Waals surface area contributed by atoms with Gasteiger partial charge in [-0.25, -0.2) is 9.78 Å². The van der Waals surface area contributed by atoms with E-state index in [-0.39, 0.29) is 11.4 Å². The molecular weight excluding hydrogens is 456 g/mol. The Hall–Kier alpha value is -4.11. The molecule has 0 aliphatic heterocycles. The van der Waals surface area contributed by atoms with Gasteiger partial charge in [-0.1, -0.05) is 12.1 Å². The number of esters is 1. The van der Waals surface area contributed by atoms with Gasteiger partial charge in [0.05, 0.1) is 37.1 Å². The first kappa shape index (κ1) is 23.1. The molecule has 0 unspecified atom stereocenters. The first-order chi connectivity index (χ1) is 16.4. The molecule has 0 saturated heterocycles. The minimum Gasteiger partial charge on any atom is -0.497 e. The van der Waals surface area contributed by atoms with Gasteiger partial charge in [0, 0.05) is 17.7 Å². The lowest BCUT2D eigenvalue weighted by atomic mass is 10.1. The summed E-state index contributed by atoms with van der Waals surface area (Å²) in [4.78, 5) is 29.9. The number of nitrogens with one attached hydrogen (secondary N) is 1. The molecule has 0 saturated carbocycles. The van der Waals surface area contributed by atoms with Crippen LogP contribution in [0.3, 0.4) is 0 Å². The number of thiazole rings is 1. The first-order valence-corrected chi connectivity index (χ1v) is 11.1. The third kappa shape index (κ3) is 4.51. The van der Waals surface area contributed by atoms with Crippen LogP contribution in [-0.4, -0.2) is 38.2 Å². The van der Waals surface area contributed by atoms with Crippen molar-refractivity contribution in [3.63, 3.8) is 0 Å². The van der Waals surface area contributed by atoms with Gasteiger partial charge in [0.15, 0.2) is 0 Å². The van der Waals surface area contributed by atoms with Gasteiger partial charge in [-0.3, -0.25) is 10.1 Å². The van der Waals surface area contributed by atoms with Crippen molar-refractivity contribution in [3.8, 4) is 22.1 Å². The van der Waals surface area contributed by atoms with Crippen LogP contribution >= 0.6 is 11.3 Å². The van der Waals surface area contributed by atoms with Gasteiger partial charge < -0.3 is 18.6 Å². The molecule has 8 nitrogen and oxygen atoms in total. The van der Waals surface area contributed by atoms with Gasteiger partial charge in [0.1, 0.15) is 27.8 Å². The standard InChI is InChI=1S/C25H22N2O6S/c1-14-21(25(29)32-4)22(24-26-17-7-5-6-8-19(17)34-24)23(33-14)27-20(28)12-10-15-9-11-16(30-2)13-18(15)31-3/h5-13H,1-4H3,(H,27,28)/b12-10+. The highest BCUT2D eigenvalue weighted by molar-refractivity contribution is 7.21. The predicted octanol–water partition coefficient (Wildman–Crippen LogP) is 5.32. The topological polar surface area (TPSA) is 99.9 Å². The molecule has 0 radical (unpaired) electrons. The number of fused-ring (bicyclic) bond motifs is 1. The zero-order valence-electron chi connectivity index (χ0n) is 19.0. The highest BCUT2D eigenvalue weighted by Gasteiger charge is 2.28. The summed E-state index contributed by atoms with van der Waals surface area (Å²) in [5.41, 5.74) is 2.07. The maximum atomic E-state index is 12.8. The molecule has 0 aliphatic carbocycles. The monoisotopic (exact) mass is 478 g/mol. The van der Waals surface area contributed by atoms with E-state index in [2.05, 4.69) is 10.3 Å². The number of rotatable bonds is 7. The Morgan fingerprint density at radius 3 is 2.59 bits per heavy atom. The summed E-state index contributed by atoms with van der Waals surface area (Å²) in [6, 6.07) is 12.9. The highest BCUT2D eigenvalue weighted by atomic mass is 32.1. The van der Waals surface area contributed by atoms with Crippen molar-refractivity contribution in [2.45, 2.75) is 6.92 Å². The SMILES string of the molecule is COC(=O)c1c(C)oc(NC(=O)/C=C/c2ccc(OC)cc2OC)c1-c1nc2ccccc2s1. The zero-order chi connectivity index (χ0) is 24.2. The van der Waals surface area contributed by atoms with Crippen LogP contribution in [0.2, 0.25) is 0 Å². The van der Waals surface area contributed by atoms with Gasteiger partial charge in [-0.05, 0) is 37.3 Å². The van der Waals surface area contributed by atoms with E-state index >= 15 is 0 Å². The Bertz CT molecular complexity index is 1370. The van der Waals surface area contributed by atoms with Crippen LogP contribution in [0, 0.1) is 6.92 Å². The molecule has 2 heterocycles. The van der Waals surface area contributed by atoms with Crippen molar-refractivity contribution < 1.29 is 28.2 Å². The number of furan rings is 1. The van der Waals surface area contributed by atoms with Crippen molar-refractivity contribution in [3.05, 3.63) is 65.4 Å². The molecule has 9 heteroatoms. The molecule has 4 rings (SSSR count). The molecule has 0 atom stereocenters. The van der Waals surface area contributed by atoms with Gasteiger partial charge in [0.25, 0.3) is 5.91 Å². The number of aromatic nitrogens is 1. The Balaban J connectivity index is 1.69. The maximum absolute atomic E-state index is 12.8. The fraction of sp³-hybridized carbons (Fsp3) is 0.160. The summed E-state index contributed by atoms with van der Waals surface area (Å²) in [7, 11) is 4.39. The minimum absolute atomic E-state index is 0.119. The Morgan fingerprint density at radius 2 is 1.88 bits per heavy atom. The van der Waals surface area contributed by atoms with E-state index in [1.807, 2.05) is 24.3 Å². The van der Waals surface area contributed by atoms with Crippen LogP contribution in [0.4, 0.5) is 5.88 Å². The molecule has 2 aromatic heterocycles. The van der Waals surface area contributed by atoms with E-state index in [9.17, 15) is 9.59 Å². The number of amides is 1. The molecule has 0 fully saturated rings. The van der Waals surface area contributed by atoms with Crippen LogP contribution in [-0.2, 0) is 9.53 Å². The summed E-state index contributed by atoms with van der Waals surface area (Å²) in [6.07, 6.45) is 2.96. The quantitative estimate of drug-likeness (QED) is 0.283. The van der Waals surface area contributed by atoms with E-state index < -0.39 is 11.9 Å². The second-order valence-electron chi connectivity index (χ2n) is 7.15. The Kier molecular flexibility index (Phi) is 6.65. The molecule has 0 bridgehead atoms. The number of ether oxygens (including phenoxy) is 3. The fourth-order valence-electron chi connectivity index (χ4n) is 3.44. The Morgan fingerprint density at radius 1 is 1.09 bits per heavy atom. The summed E-state index contributed by atoms with van der Waals surface area (Å²) < 4.78 is 22.2. The third-order valence-electron chi connectivity index (χ3n) is 5.07. The number of benzene rings is 2. The lowest BCUT2D eigenvalue weighted by molar-refractivity contribution is -0.111. The lowest BCUT2D eigenvalue weighted by Gasteiger charge is -2.07. The molecule has 174 valence electrons. The van der Waals surface area contributed by atoms with Crippen molar-refractivity contribution in [2.75, 3.05) is 26.6 Å². The summed E-state index contributed by atoms with van der Waals surface area (Å²) >= 11 is 1.39. The van der Waals surface area contributed by atoms with Crippen LogP contribution < -0.4 is 14.8 Å². The fourth-order valence-corrected chi connectivity index (χ4v) is 4.45. The van der Waals surface area contributed by atoms with Crippen LogP contribution in [0.5, 0.6) is 11.5 Å². The van der Waals surface area contributed by atoms with Crippen molar-refractivity contribution in [2.24, 2.45) is 0 Å². The third-order valence-corrected chi connectivity index (χ3v) is 6.13. The van der Waals surface area contributed by atoms with Gasteiger partial charge in [-0.2, -0.15) is 0 Å². The zero-order valence-corrected chi connectivity index (χ0v) is 19.8. The first-order valence-electron chi connectivity index (χ1n) is 10.2. The molecule has 2 aromatic carbocycles. The lowest BCUT2D eigenvalue weighted by Crippen LogP contribution is -2.09. The normalized spacial score (nSPS) is 11.1. The smallest absolute Gasteiger partial charge is 0.342 e. The summed E-state index contributed by atoms with van der Waals surface area (Å²) in [5, 5.41) is 3.26.